The first-order chi connectivity index (χ1) is 7.56. The summed E-state index contributed by atoms with van der Waals surface area (Å²) >= 11 is 0. The Labute approximate surface area is 96.5 Å². The van der Waals surface area contributed by atoms with E-state index in [1.54, 1.807) is 0 Å². The second-order valence-corrected chi connectivity index (χ2v) is 4.37. The fourth-order valence-electron chi connectivity index (χ4n) is 2.19. The van der Waals surface area contributed by atoms with E-state index in [1.807, 2.05) is 0 Å². The number of rotatable bonds is 1. The minimum Gasteiger partial charge on any atom is -0.398 e. The van der Waals surface area contributed by atoms with E-state index < -0.39 is 0 Å². The van der Waals surface area contributed by atoms with E-state index in [0.717, 1.165) is 34.3 Å². The fraction of sp³-hybridized carbons (Fsp3) is 0.357. The molecule has 1 aromatic heterocycles. The van der Waals surface area contributed by atoms with Gasteiger partial charge in [-0.1, -0.05) is 19.1 Å². The third-order valence-electron chi connectivity index (χ3n) is 3.28. The summed E-state index contributed by atoms with van der Waals surface area (Å²) < 4.78 is 0. The standard InChI is InChI=1S/C14H18N2/c1-5-11-10(4)13(15)12-8(2)6-7-9(3)14(12)16-11/h6-7H,5H2,1-4H3,(H2,15,16). The van der Waals surface area contributed by atoms with Crippen LogP contribution in [0.15, 0.2) is 12.1 Å². The number of pyridine rings is 1. The Bertz CT molecular complexity index is 556. The van der Waals surface area contributed by atoms with Crippen LogP contribution in [0.4, 0.5) is 5.69 Å². The summed E-state index contributed by atoms with van der Waals surface area (Å²) in [7, 11) is 0. The van der Waals surface area contributed by atoms with E-state index in [9.17, 15) is 0 Å². The summed E-state index contributed by atoms with van der Waals surface area (Å²) in [4.78, 5) is 4.73. The number of nitrogens with zero attached hydrogens (tertiary/aromatic N) is 1. The van der Waals surface area contributed by atoms with Crippen molar-refractivity contribution >= 4 is 16.6 Å². The van der Waals surface area contributed by atoms with Crippen molar-refractivity contribution in [3.8, 4) is 0 Å². The van der Waals surface area contributed by atoms with Crippen molar-refractivity contribution in [1.29, 1.82) is 0 Å². The molecule has 0 saturated carbocycles. The van der Waals surface area contributed by atoms with Crippen LogP contribution in [0.5, 0.6) is 0 Å². The van der Waals surface area contributed by atoms with Crippen LogP contribution in [0.1, 0.15) is 29.3 Å². The van der Waals surface area contributed by atoms with Gasteiger partial charge in [-0.25, -0.2) is 0 Å². The zero-order chi connectivity index (χ0) is 11.9. The molecule has 2 aromatic rings. The topological polar surface area (TPSA) is 38.9 Å². The van der Waals surface area contributed by atoms with Gasteiger partial charge in [0.05, 0.1) is 5.52 Å². The van der Waals surface area contributed by atoms with Gasteiger partial charge in [0.1, 0.15) is 0 Å². The predicted octanol–water partition coefficient (Wildman–Crippen LogP) is 3.30. The summed E-state index contributed by atoms with van der Waals surface area (Å²) in [6.07, 6.45) is 0.930. The third kappa shape index (κ3) is 1.45. The van der Waals surface area contributed by atoms with Crippen LogP contribution in [0, 0.1) is 20.8 Å². The normalized spacial score (nSPS) is 11.0. The molecule has 0 unspecified atom stereocenters. The van der Waals surface area contributed by atoms with E-state index in [0.29, 0.717) is 0 Å². The quantitative estimate of drug-likeness (QED) is 0.791. The first-order valence-electron chi connectivity index (χ1n) is 5.71. The first-order valence-corrected chi connectivity index (χ1v) is 5.71. The molecule has 0 aliphatic rings. The van der Waals surface area contributed by atoms with E-state index in [1.165, 1.54) is 11.1 Å². The molecule has 0 atom stereocenters. The summed E-state index contributed by atoms with van der Waals surface area (Å²) in [5, 5.41) is 1.12. The minimum atomic E-state index is 0.892. The maximum absolute atomic E-state index is 6.22. The maximum atomic E-state index is 6.22. The van der Waals surface area contributed by atoms with Crippen LogP contribution in [-0.2, 0) is 6.42 Å². The highest BCUT2D eigenvalue weighted by Crippen LogP contribution is 2.30. The average molecular weight is 214 g/mol. The smallest absolute Gasteiger partial charge is 0.0758 e. The van der Waals surface area contributed by atoms with Gasteiger partial charge in [0.2, 0.25) is 0 Å². The number of hydrogen-bond donors (Lipinski definition) is 1. The number of aryl methyl sites for hydroxylation is 3. The van der Waals surface area contributed by atoms with Crippen LogP contribution >= 0.6 is 0 Å². The van der Waals surface area contributed by atoms with Crippen molar-refractivity contribution in [3.63, 3.8) is 0 Å². The molecule has 0 saturated heterocycles. The van der Waals surface area contributed by atoms with Crippen molar-refractivity contribution < 1.29 is 0 Å². The van der Waals surface area contributed by atoms with Crippen molar-refractivity contribution in [1.82, 2.24) is 4.98 Å². The largest absolute Gasteiger partial charge is 0.398 e. The molecule has 0 aliphatic carbocycles. The van der Waals surface area contributed by atoms with Crippen LogP contribution in [0.25, 0.3) is 10.9 Å². The molecule has 84 valence electrons. The van der Waals surface area contributed by atoms with Crippen LogP contribution in [-0.4, -0.2) is 4.98 Å². The molecule has 16 heavy (non-hydrogen) atoms. The van der Waals surface area contributed by atoms with Crippen molar-refractivity contribution in [2.24, 2.45) is 0 Å². The lowest BCUT2D eigenvalue weighted by Gasteiger charge is -2.13. The van der Waals surface area contributed by atoms with Crippen molar-refractivity contribution in [2.75, 3.05) is 5.73 Å². The summed E-state index contributed by atoms with van der Waals surface area (Å²) in [5.41, 5.74) is 12.8. The predicted molar refractivity (Wildman–Crippen MR) is 69.7 cm³/mol. The lowest BCUT2D eigenvalue weighted by atomic mass is 10.00. The molecule has 2 nitrogen and oxygen atoms in total. The number of fused-ring (bicyclic) bond motifs is 1. The van der Waals surface area contributed by atoms with Gasteiger partial charge < -0.3 is 5.73 Å². The molecular formula is C14H18N2. The molecule has 0 fully saturated rings. The summed E-state index contributed by atoms with van der Waals surface area (Å²) in [6, 6.07) is 4.22. The van der Waals surface area contributed by atoms with E-state index in [4.69, 9.17) is 10.7 Å². The highest BCUT2D eigenvalue weighted by Gasteiger charge is 2.11. The minimum absolute atomic E-state index is 0.892. The van der Waals surface area contributed by atoms with Gasteiger partial charge in [-0.2, -0.15) is 0 Å². The highest BCUT2D eigenvalue weighted by atomic mass is 14.7. The molecule has 0 radical (unpaired) electrons. The monoisotopic (exact) mass is 214 g/mol. The molecule has 0 aliphatic heterocycles. The fourth-order valence-corrected chi connectivity index (χ4v) is 2.19. The van der Waals surface area contributed by atoms with E-state index >= 15 is 0 Å². The number of nitrogens with two attached hydrogens (primary N) is 1. The number of nitrogen functional groups attached to an aromatic ring is 1. The number of benzene rings is 1. The van der Waals surface area contributed by atoms with Gasteiger partial charge in [0.25, 0.3) is 0 Å². The van der Waals surface area contributed by atoms with Crippen molar-refractivity contribution in [3.05, 3.63) is 34.5 Å². The molecule has 0 amide bonds. The molecule has 2 rings (SSSR count). The van der Waals surface area contributed by atoms with Gasteiger partial charge in [-0.15, -0.1) is 0 Å². The maximum Gasteiger partial charge on any atom is 0.0758 e. The second-order valence-electron chi connectivity index (χ2n) is 4.37. The van der Waals surface area contributed by atoms with Crippen molar-refractivity contribution in [2.45, 2.75) is 34.1 Å². The van der Waals surface area contributed by atoms with E-state index in [2.05, 4.69) is 39.8 Å². The molecular weight excluding hydrogens is 196 g/mol. The molecule has 2 N–H and O–H groups in total. The SMILES string of the molecule is CCc1nc2c(C)ccc(C)c2c(N)c1C. The van der Waals surface area contributed by atoms with E-state index in [-0.39, 0.29) is 0 Å². The Hall–Kier alpha value is -1.57. The Morgan fingerprint density at radius 2 is 1.75 bits per heavy atom. The Balaban J connectivity index is 2.97. The van der Waals surface area contributed by atoms with Gasteiger partial charge in [-0.05, 0) is 43.9 Å². The van der Waals surface area contributed by atoms with Gasteiger partial charge in [0.15, 0.2) is 0 Å². The Morgan fingerprint density at radius 3 is 2.38 bits per heavy atom. The lowest BCUT2D eigenvalue weighted by Crippen LogP contribution is -2.02. The Morgan fingerprint density at radius 1 is 1.12 bits per heavy atom. The lowest BCUT2D eigenvalue weighted by molar-refractivity contribution is 1.03. The second kappa shape index (κ2) is 3.78. The third-order valence-corrected chi connectivity index (χ3v) is 3.28. The molecule has 2 heteroatoms. The van der Waals surface area contributed by atoms with Gasteiger partial charge >= 0.3 is 0 Å². The number of anilines is 1. The number of aromatic nitrogens is 1. The zero-order valence-corrected chi connectivity index (χ0v) is 10.4. The summed E-state index contributed by atoms with van der Waals surface area (Å²) in [5.74, 6) is 0. The molecule has 1 heterocycles. The van der Waals surface area contributed by atoms with Gasteiger partial charge in [-0.3, -0.25) is 4.98 Å². The highest BCUT2D eigenvalue weighted by molar-refractivity contribution is 5.96. The molecule has 0 bridgehead atoms. The van der Waals surface area contributed by atoms with Crippen LogP contribution < -0.4 is 5.73 Å². The zero-order valence-electron chi connectivity index (χ0n) is 10.4. The van der Waals surface area contributed by atoms with Crippen LogP contribution in [0.3, 0.4) is 0 Å². The summed E-state index contributed by atoms with van der Waals surface area (Å²) in [6.45, 7) is 8.35. The Kier molecular flexibility index (Phi) is 2.58. The van der Waals surface area contributed by atoms with Gasteiger partial charge in [0, 0.05) is 16.8 Å². The number of hydrogen-bond acceptors (Lipinski definition) is 2. The average Bonchev–Trinajstić information content (AvgIpc) is 2.27. The molecule has 1 aromatic carbocycles. The van der Waals surface area contributed by atoms with Crippen LogP contribution in [0.2, 0.25) is 0 Å². The first kappa shape index (κ1) is 10.9. The molecule has 0 spiro atoms.